The molecule has 6 N–H and O–H groups in total. The van der Waals surface area contributed by atoms with E-state index >= 15 is 0 Å². The largest absolute Gasteiger partial charge is 0.508 e. The maximum absolute atomic E-state index is 12.5. The number of hydrogen-bond donors (Lipinski definition) is 6. The molecule has 0 spiro atoms. The molecule has 2 aromatic carbocycles. The van der Waals surface area contributed by atoms with Gasteiger partial charge in [-0.15, -0.1) is 0 Å². The van der Waals surface area contributed by atoms with Gasteiger partial charge in [0.2, 0.25) is 6.29 Å². The summed E-state index contributed by atoms with van der Waals surface area (Å²) < 4.78 is 21.9. The van der Waals surface area contributed by atoms with E-state index in [4.69, 9.17) is 18.3 Å². The van der Waals surface area contributed by atoms with Crippen LogP contribution in [0, 0.1) is 0 Å². The molecule has 5 rings (SSSR count). The molecule has 4 aromatic rings. The van der Waals surface area contributed by atoms with Gasteiger partial charge in [0.05, 0.1) is 6.61 Å². The number of aliphatic hydroxyl groups excluding tert-OH is 4. The van der Waals surface area contributed by atoms with Crippen LogP contribution >= 0.6 is 0 Å². The van der Waals surface area contributed by atoms with E-state index < -0.39 is 42.9 Å². The van der Waals surface area contributed by atoms with Crippen LogP contribution in [0.2, 0.25) is 0 Å². The number of aliphatic hydroxyl groups is 4. The smallest absolute Gasteiger partial charge is 0.348 e. The van der Waals surface area contributed by atoms with Crippen LogP contribution in [0.15, 0.2) is 44.0 Å². The fourth-order valence-electron chi connectivity index (χ4n) is 3.87. The van der Waals surface area contributed by atoms with E-state index in [1.54, 1.807) is 0 Å². The van der Waals surface area contributed by atoms with Crippen molar-refractivity contribution in [3.8, 4) is 17.2 Å². The average molecular weight is 446 g/mol. The first-order valence-corrected chi connectivity index (χ1v) is 9.60. The van der Waals surface area contributed by atoms with Crippen LogP contribution in [0.1, 0.15) is 0 Å². The molecule has 0 unspecified atom stereocenters. The third kappa shape index (κ3) is 3.06. The zero-order valence-corrected chi connectivity index (χ0v) is 16.2. The van der Waals surface area contributed by atoms with Gasteiger partial charge >= 0.3 is 5.63 Å². The van der Waals surface area contributed by atoms with Crippen molar-refractivity contribution in [2.24, 2.45) is 0 Å². The maximum atomic E-state index is 12.5. The summed E-state index contributed by atoms with van der Waals surface area (Å²) in [4.78, 5) is 12.5. The Hall–Kier alpha value is -3.35. The monoisotopic (exact) mass is 446 g/mol. The Kier molecular flexibility index (Phi) is 4.73. The number of hydrogen-bond acceptors (Lipinski definition) is 11. The molecule has 0 saturated carbocycles. The topological polar surface area (TPSA) is 183 Å². The van der Waals surface area contributed by atoms with Gasteiger partial charge < -0.3 is 48.9 Å². The second kappa shape index (κ2) is 7.36. The first-order valence-electron chi connectivity index (χ1n) is 9.60. The van der Waals surface area contributed by atoms with E-state index in [1.807, 2.05) is 0 Å². The summed E-state index contributed by atoms with van der Waals surface area (Å²) in [5.74, 6) is -0.495. The van der Waals surface area contributed by atoms with Crippen molar-refractivity contribution in [1.29, 1.82) is 0 Å². The molecule has 2 aromatic heterocycles. The second-order valence-corrected chi connectivity index (χ2v) is 7.51. The molecule has 0 bridgehead atoms. The molecule has 32 heavy (non-hydrogen) atoms. The fraction of sp³-hybridized carbons (Fsp3) is 0.286. The van der Waals surface area contributed by atoms with Gasteiger partial charge in [0.1, 0.15) is 63.6 Å². The molecule has 1 aliphatic rings. The van der Waals surface area contributed by atoms with Gasteiger partial charge in [0.15, 0.2) is 5.58 Å². The van der Waals surface area contributed by atoms with Crippen LogP contribution in [-0.4, -0.2) is 68.0 Å². The minimum Gasteiger partial charge on any atom is -0.508 e. The molecule has 0 radical (unpaired) electrons. The Morgan fingerprint density at radius 3 is 2.44 bits per heavy atom. The fourth-order valence-corrected chi connectivity index (χ4v) is 3.87. The molecule has 1 saturated heterocycles. The zero-order chi connectivity index (χ0) is 22.7. The predicted molar refractivity (Wildman–Crippen MR) is 107 cm³/mol. The van der Waals surface area contributed by atoms with Crippen molar-refractivity contribution in [3.05, 3.63) is 40.8 Å². The molecule has 1 aliphatic heterocycles. The lowest BCUT2D eigenvalue weighted by Gasteiger charge is -2.39. The predicted octanol–water partition coefficient (Wildman–Crippen LogP) is 0.282. The van der Waals surface area contributed by atoms with Gasteiger partial charge in [-0.05, 0) is 12.1 Å². The number of furan rings is 1. The van der Waals surface area contributed by atoms with Crippen molar-refractivity contribution in [2.75, 3.05) is 6.61 Å². The first-order chi connectivity index (χ1) is 15.3. The van der Waals surface area contributed by atoms with Crippen molar-refractivity contribution < 1.29 is 48.9 Å². The van der Waals surface area contributed by atoms with E-state index in [-0.39, 0.29) is 44.8 Å². The molecule has 0 aliphatic carbocycles. The van der Waals surface area contributed by atoms with Gasteiger partial charge in [-0.3, -0.25) is 0 Å². The van der Waals surface area contributed by atoms with Crippen LogP contribution in [0.4, 0.5) is 0 Å². The number of rotatable bonds is 3. The Labute approximate surface area is 177 Å². The van der Waals surface area contributed by atoms with E-state index in [9.17, 15) is 35.4 Å². The number of phenols is 2. The van der Waals surface area contributed by atoms with E-state index in [2.05, 4.69) is 0 Å². The molecule has 3 heterocycles. The summed E-state index contributed by atoms with van der Waals surface area (Å²) in [6.45, 7) is -0.602. The Morgan fingerprint density at radius 2 is 1.69 bits per heavy atom. The number of aromatic hydroxyl groups is 2. The normalized spacial score (nSPS) is 26.2. The van der Waals surface area contributed by atoms with Gasteiger partial charge in [-0.2, -0.15) is 0 Å². The van der Waals surface area contributed by atoms with Crippen molar-refractivity contribution in [1.82, 2.24) is 0 Å². The third-order valence-electron chi connectivity index (χ3n) is 5.46. The van der Waals surface area contributed by atoms with Crippen LogP contribution < -0.4 is 10.4 Å². The van der Waals surface area contributed by atoms with Crippen LogP contribution in [0.25, 0.3) is 32.9 Å². The van der Waals surface area contributed by atoms with Crippen LogP contribution in [0.3, 0.4) is 0 Å². The highest BCUT2D eigenvalue weighted by Crippen LogP contribution is 2.39. The molecule has 5 atom stereocenters. The van der Waals surface area contributed by atoms with Crippen molar-refractivity contribution >= 4 is 32.9 Å². The maximum Gasteiger partial charge on any atom is 0.348 e. The molecular weight excluding hydrogens is 428 g/mol. The molecule has 11 nitrogen and oxygen atoms in total. The molecule has 0 amide bonds. The Balaban J connectivity index is 1.59. The van der Waals surface area contributed by atoms with Crippen LogP contribution in [-0.2, 0) is 4.74 Å². The highest BCUT2D eigenvalue weighted by molar-refractivity contribution is 6.14. The highest BCUT2D eigenvalue weighted by Gasteiger charge is 2.44. The minimum atomic E-state index is -1.60. The number of benzene rings is 2. The lowest BCUT2D eigenvalue weighted by molar-refractivity contribution is -0.277. The number of fused-ring (bicyclic) bond motifs is 5. The van der Waals surface area contributed by atoms with Gasteiger partial charge in [0.25, 0.3) is 0 Å². The second-order valence-electron chi connectivity index (χ2n) is 7.51. The molecular formula is C21H18O11. The van der Waals surface area contributed by atoms with E-state index in [0.717, 1.165) is 6.07 Å². The quantitative estimate of drug-likeness (QED) is 0.238. The summed E-state index contributed by atoms with van der Waals surface area (Å²) in [6, 6.07) is 6.62. The first kappa shape index (κ1) is 20.5. The molecule has 11 heteroatoms. The van der Waals surface area contributed by atoms with E-state index in [0.29, 0.717) is 5.39 Å². The van der Waals surface area contributed by atoms with Gasteiger partial charge in [-0.25, -0.2) is 4.79 Å². The summed E-state index contributed by atoms with van der Waals surface area (Å²) in [6.07, 6.45) is -7.25. The average Bonchev–Trinajstić information content (AvgIpc) is 3.12. The molecule has 1 fully saturated rings. The Morgan fingerprint density at radius 1 is 0.906 bits per heavy atom. The molecule has 168 valence electrons. The van der Waals surface area contributed by atoms with Crippen molar-refractivity contribution in [2.45, 2.75) is 30.7 Å². The number of ether oxygens (including phenoxy) is 2. The Bertz CT molecular complexity index is 1390. The van der Waals surface area contributed by atoms with E-state index in [1.165, 1.54) is 24.3 Å². The standard InChI is InChI=1S/C21H18O11/c22-6-13-16(25)17(26)18(27)21(32-13)29-8-1-2-9-11(5-8)30-19-14(9)20(28)31-12-4-7(23)3-10(24)15(12)19/h1-5,13,16-18,21-27H,6H2/t13-,16-,17+,18-,21-/m1/s1. The third-order valence-corrected chi connectivity index (χ3v) is 5.46. The lowest BCUT2D eigenvalue weighted by atomic mass is 9.99. The summed E-state index contributed by atoms with van der Waals surface area (Å²) >= 11 is 0. The van der Waals surface area contributed by atoms with Crippen molar-refractivity contribution in [3.63, 3.8) is 0 Å². The highest BCUT2D eigenvalue weighted by atomic mass is 16.7. The summed E-state index contributed by atoms with van der Waals surface area (Å²) in [5, 5.41) is 59.7. The van der Waals surface area contributed by atoms with Gasteiger partial charge in [0, 0.05) is 23.6 Å². The summed E-state index contributed by atoms with van der Waals surface area (Å²) in [5.41, 5.74) is -0.557. The van der Waals surface area contributed by atoms with Gasteiger partial charge in [-0.1, -0.05) is 0 Å². The van der Waals surface area contributed by atoms with Crippen LogP contribution in [0.5, 0.6) is 17.2 Å². The summed E-state index contributed by atoms with van der Waals surface area (Å²) in [7, 11) is 0. The zero-order valence-electron chi connectivity index (χ0n) is 16.2. The SMILES string of the molecule is O=c1oc2cc(O)cc(O)c2c2oc3cc(O[C@@H]4O[C@H](CO)[C@@H](O)[C@H](O)[C@H]4O)ccc3c12. The lowest BCUT2D eigenvalue weighted by Crippen LogP contribution is -2.60. The minimum absolute atomic E-state index is 0.0498. The number of phenolic OH excluding ortho intramolecular Hbond substituents is 2.